The smallest absolute Gasteiger partial charge is 0.259 e. The highest BCUT2D eigenvalue weighted by Gasteiger charge is 2.24. The van der Waals surface area contributed by atoms with E-state index in [1.807, 2.05) is 6.07 Å². The highest BCUT2D eigenvalue weighted by Crippen LogP contribution is 2.34. The lowest BCUT2D eigenvalue weighted by atomic mass is 9.97. The molecule has 1 fully saturated rings. The Kier molecular flexibility index (Phi) is 5.82. The number of rotatable bonds is 6. The van der Waals surface area contributed by atoms with Gasteiger partial charge in [-0.1, -0.05) is 24.3 Å². The summed E-state index contributed by atoms with van der Waals surface area (Å²) in [6.07, 6.45) is 0.947. The largest absolute Gasteiger partial charge is 0.483 e. The highest BCUT2D eigenvalue weighted by molar-refractivity contribution is 7.91. The van der Waals surface area contributed by atoms with E-state index < -0.39 is 9.84 Å². The normalized spacial score (nSPS) is 16.9. The number of nitrogens with one attached hydrogen (secondary N) is 1. The van der Waals surface area contributed by atoms with Crippen LogP contribution < -0.4 is 10.1 Å². The first-order valence-corrected chi connectivity index (χ1v) is 10.4. The van der Waals surface area contributed by atoms with E-state index in [1.165, 1.54) is 4.90 Å². The Hall–Kier alpha value is -2.38. The fourth-order valence-electron chi connectivity index (χ4n) is 3.07. The van der Waals surface area contributed by atoms with Crippen molar-refractivity contribution in [2.45, 2.75) is 22.1 Å². The number of amides is 1. The van der Waals surface area contributed by atoms with Crippen molar-refractivity contribution in [1.29, 1.82) is 0 Å². The molecule has 0 bridgehead atoms. The number of sulfone groups is 1. The first-order valence-electron chi connectivity index (χ1n) is 8.87. The summed E-state index contributed by atoms with van der Waals surface area (Å²) in [6.45, 7) is 1.59. The highest BCUT2D eigenvalue weighted by atomic mass is 32.2. The summed E-state index contributed by atoms with van der Waals surface area (Å²) in [6, 6.07) is 13.3. The van der Waals surface area contributed by atoms with Gasteiger partial charge in [0.05, 0.1) is 9.79 Å². The molecule has 144 valence electrons. The van der Waals surface area contributed by atoms with Crippen LogP contribution in [0, 0.1) is 0 Å². The first kappa shape index (κ1) is 19.4. The van der Waals surface area contributed by atoms with Gasteiger partial charge in [0.15, 0.2) is 6.61 Å². The van der Waals surface area contributed by atoms with Gasteiger partial charge in [-0.15, -0.1) is 0 Å². The molecule has 2 aromatic carbocycles. The van der Waals surface area contributed by atoms with Gasteiger partial charge in [0, 0.05) is 26.6 Å². The third-order valence-corrected chi connectivity index (χ3v) is 6.47. The van der Waals surface area contributed by atoms with Gasteiger partial charge < -0.3 is 15.0 Å². The molecule has 1 aliphatic heterocycles. The van der Waals surface area contributed by atoms with Gasteiger partial charge in [-0.3, -0.25) is 4.79 Å². The molecule has 1 amide bonds. The molecule has 0 radical (unpaired) electrons. The van der Waals surface area contributed by atoms with Gasteiger partial charge in [0.1, 0.15) is 5.75 Å². The fourth-order valence-corrected chi connectivity index (χ4v) is 4.37. The molecule has 1 atom stereocenters. The van der Waals surface area contributed by atoms with Crippen LogP contribution in [0.1, 0.15) is 17.9 Å². The van der Waals surface area contributed by atoms with Gasteiger partial charge in [0.25, 0.3) is 5.91 Å². The van der Waals surface area contributed by atoms with E-state index in [0.29, 0.717) is 5.75 Å². The maximum atomic E-state index is 12.9. The fraction of sp³-hybridized carbons (Fsp3) is 0.350. The van der Waals surface area contributed by atoms with Crippen molar-refractivity contribution in [1.82, 2.24) is 10.2 Å². The van der Waals surface area contributed by atoms with Crippen molar-refractivity contribution in [2.24, 2.45) is 0 Å². The van der Waals surface area contributed by atoms with Crippen LogP contribution in [0.5, 0.6) is 5.75 Å². The Morgan fingerprint density at radius 1 is 1.15 bits per heavy atom. The number of carbonyl (C=O) groups excluding carboxylic acids is 1. The zero-order valence-electron chi connectivity index (χ0n) is 15.5. The topological polar surface area (TPSA) is 75.7 Å². The molecule has 0 spiro atoms. The summed E-state index contributed by atoms with van der Waals surface area (Å²) in [5.74, 6) is 0.515. The predicted octanol–water partition coefficient (Wildman–Crippen LogP) is 2.06. The molecule has 7 heteroatoms. The number of hydrogen-bond donors (Lipinski definition) is 1. The molecular formula is C20H24N2O4S. The van der Waals surface area contributed by atoms with Crippen LogP contribution in [-0.2, 0) is 14.6 Å². The minimum absolute atomic E-state index is 0.130. The standard InChI is InChI=1S/C20H24N2O4S/c1-22(2)20(23)14-26-19-12-17(8-9-18(19)15-10-11-21-13-15)27(24,25)16-6-4-3-5-7-16/h3-9,12,15,21H,10-11,13-14H2,1-2H3. The van der Waals surface area contributed by atoms with Crippen molar-refractivity contribution >= 4 is 15.7 Å². The molecule has 1 aliphatic rings. The second-order valence-electron chi connectivity index (χ2n) is 6.78. The summed E-state index contributed by atoms with van der Waals surface area (Å²) >= 11 is 0. The van der Waals surface area contributed by atoms with Gasteiger partial charge in [0.2, 0.25) is 9.84 Å². The number of nitrogens with zero attached hydrogens (tertiary/aromatic N) is 1. The Balaban J connectivity index is 1.97. The molecule has 0 aliphatic carbocycles. The lowest BCUT2D eigenvalue weighted by Gasteiger charge is -2.18. The molecule has 1 unspecified atom stereocenters. The molecule has 27 heavy (non-hydrogen) atoms. The van der Waals surface area contributed by atoms with E-state index in [1.54, 1.807) is 56.6 Å². The maximum Gasteiger partial charge on any atom is 0.259 e. The molecule has 1 heterocycles. The molecule has 6 nitrogen and oxygen atoms in total. The van der Waals surface area contributed by atoms with Crippen molar-refractivity contribution in [3.05, 3.63) is 54.1 Å². The third kappa shape index (κ3) is 4.31. The predicted molar refractivity (Wildman–Crippen MR) is 103 cm³/mol. The van der Waals surface area contributed by atoms with Gasteiger partial charge >= 0.3 is 0 Å². The summed E-state index contributed by atoms with van der Waals surface area (Å²) in [4.78, 5) is 13.8. The quantitative estimate of drug-likeness (QED) is 0.820. The van der Waals surface area contributed by atoms with Crippen molar-refractivity contribution in [3.8, 4) is 5.75 Å². The Labute approximate surface area is 160 Å². The van der Waals surface area contributed by atoms with E-state index >= 15 is 0 Å². The molecule has 0 saturated carbocycles. The van der Waals surface area contributed by atoms with E-state index in [4.69, 9.17) is 4.74 Å². The average molecular weight is 388 g/mol. The number of likely N-dealkylation sites (N-methyl/N-ethyl adjacent to an activating group) is 1. The molecular weight excluding hydrogens is 364 g/mol. The minimum atomic E-state index is -3.65. The molecule has 2 aromatic rings. The molecule has 0 aromatic heterocycles. The van der Waals surface area contributed by atoms with Crippen LogP contribution in [0.15, 0.2) is 58.3 Å². The second kappa shape index (κ2) is 8.10. The third-order valence-electron chi connectivity index (χ3n) is 4.70. The van der Waals surface area contributed by atoms with Crippen molar-refractivity contribution < 1.29 is 17.9 Å². The maximum absolute atomic E-state index is 12.9. The van der Waals surface area contributed by atoms with Gasteiger partial charge in [-0.05, 0) is 42.8 Å². The van der Waals surface area contributed by atoms with Crippen LogP contribution in [0.4, 0.5) is 0 Å². The molecule has 1 saturated heterocycles. The van der Waals surface area contributed by atoms with E-state index in [2.05, 4.69) is 5.32 Å². The van der Waals surface area contributed by atoms with Crippen LogP contribution in [0.3, 0.4) is 0 Å². The van der Waals surface area contributed by atoms with Gasteiger partial charge in [-0.25, -0.2) is 8.42 Å². The second-order valence-corrected chi connectivity index (χ2v) is 8.73. The number of hydrogen-bond acceptors (Lipinski definition) is 5. The SMILES string of the molecule is CN(C)C(=O)COc1cc(S(=O)(=O)c2ccccc2)ccc1C1CCNC1. The monoisotopic (exact) mass is 388 g/mol. The minimum Gasteiger partial charge on any atom is -0.483 e. The molecule has 3 rings (SSSR count). The van der Waals surface area contributed by atoms with Gasteiger partial charge in [-0.2, -0.15) is 0 Å². The van der Waals surface area contributed by atoms with Crippen molar-refractivity contribution in [2.75, 3.05) is 33.8 Å². The zero-order chi connectivity index (χ0) is 19.4. The number of carbonyl (C=O) groups is 1. The van der Waals surface area contributed by atoms with Crippen LogP contribution in [0.2, 0.25) is 0 Å². The Morgan fingerprint density at radius 3 is 2.52 bits per heavy atom. The number of benzene rings is 2. The summed E-state index contributed by atoms with van der Waals surface area (Å²) in [5, 5.41) is 3.30. The zero-order valence-corrected chi connectivity index (χ0v) is 16.3. The Morgan fingerprint density at radius 2 is 1.89 bits per heavy atom. The van der Waals surface area contributed by atoms with E-state index in [-0.39, 0.29) is 28.2 Å². The summed E-state index contributed by atoms with van der Waals surface area (Å²) in [7, 11) is -0.335. The van der Waals surface area contributed by atoms with E-state index in [9.17, 15) is 13.2 Å². The lowest BCUT2D eigenvalue weighted by molar-refractivity contribution is -0.130. The van der Waals surface area contributed by atoms with E-state index in [0.717, 1.165) is 25.1 Å². The molecule has 1 N–H and O–H groups in total. The lowest BCUT2D eigenvalue weighted by Crippen LogP contribution is -2.27. The van der Waals surface area contributed by atoms with Crippen LogP contribution in [-0.4, -0.2) is 53.0 Å². The average Bonchev–Trinajstić information content (AvgIpc) is 3.21. The first-order chi connectivity index (χ1) is 12.9. The number of ether oxygens (including phenoxy) is 1. The summed E-state index contributed by atoms with van der Waals surface area (Å²) < 4.78 is 31.6. The van der Waals surface area contributed by atoms with Crippen molar-refractivity contribution in [3.63, 3.8) is 0 Å². The Bertz CT molecular complexity index is 905. The van der Waals surface area contributed by atoms with Crippen LogP contribution in [0.25, 0.3) is 0 Å². The van der Waals surface area contributed by atoms with Crippen LogP contribution >= 0.6 is 0 Å². The summed E-state index contributed by atoms with van der Waals surface area (Å²) in [5.41, 5.74) is 0.929.